The van der Waals surface area contributed by atoms with Gasteiger partial charge < -0.3 is 9.84 Å². The highest BCUT2D eigenvalue weighted by Crippen LogP contribution is 2.45. The zero-order valence-electron chi connectivity index (χ0n) is 11.1. The summed E-state index contributed by atoms with van der Waals surface area (Å²) in [6.07, 6.45) is 2.49. The van der Waals surface area contributed by atoms with Crippen LogP contribution in [0.25, 0.3) is 0 Å². The van der Waals surface area contributed by atoms with Gasteiger partial charge in [0.05, 0.1) is 11.7 Å². The molecule has 2 heterocycles. The fourth-order valence-corrected chi connectivity index (χ4v) is 5.23. The molecule has 2 aliphatic heterocycles. The Labute approximate surface area is 137 Å². The molecule has 2 aliphatic rings. The number of ether oxygens (including phenoxy) is 1. The molecule has 110 valence electrons. The second-order valence-corrected chi connectivity index (χ2v) is 8.09. The van der Waals surface area contributed by atoms with E-state index in [1.54, 1.807) is 0 Å². The Morgan fingerprint density at radius 1 is 1.50 bits per heavy atom. The molecule has 0 radical (unpaired) electrons. The minimum atomic E-state index is -0.477. The van der Waals surface area contributed by atoms with E-state index in [9.17, 15) is 5.11 Å². The van der Waals surface area contributed by atoms with E-state index in [1.165, 1.54) is 5.75 Å². The fraction of sp³-hybridized carbons (Fsp3) is 0.600. The molecular formula is C15H18BrClO2S. The summed E-state index contributed by atoms with van der Waals surface area (Å²) < 4.78 is 6.95. The lowest BCUT2D eigenvalue weighted by molar-refractivity contribution is -0.102. The molecule has 1 aromatic carbocycles. The maximum absolute atomic E-state index is 10.7. The Kier molecular flexibility index (Phi) is 4.68. The van der Waals surface area contributed by atoms with E-state index in [2.05, 4.69) is 15.9 Å². The Hall–Kier alpha value is 0.260. The standard InChI is InChI=1S/C15H18BrClO2S/c16-13-2-1-11(17)7-12(13)14(18)10-3-5-19-15(8-10)4-6-20-9-15/h1-2,7,10,14,18H,3-6,8-9H2. The van der Waals surface area contributed by atoms with Gasteiger partial charge in [0.15, 0.2) is 0 Å². The topological polar surface area (TPSA) is 29.5 Å². The van der Waals surface area contributed by atoms with Crippen molar-refractivity contribution in [2.75, 3.05) is 18.1 Å². The monoisotopic (exact) mass is 376 g/mol. The third-order valence-electron chi connectivity index (χ3n) is 4.32. The van der Waals surface area contributed by atoms with E-state index < -0.39 is 6.10 Å². The summed E-state index contributed by atoms with van der Waals surface area (Å²) in [6.45, 7) is 0.750. The second-order valence-electron chi connectivity index (χ2n) is 5.70. The first-order chi connectivity index (χ1) is 9.60. The predicted octanol–water partition coefficient (Wildman–Crippen LogP) is 4.44. The van der Waals surface area contributed by atoms with Gasteiger partial charge in [0.1, 0.15) is 0 Å². The van der Waals surface area contributed by atoms with Crippen LogP contribution in [0.4, 0.5) is 0 Å². The van der Waals surface area contributed by atoms with Gasteiger partial charge in [-0.05, 0) is 54.7 Å². The number of benzene rings is 1. The van der Waals surface area contributed by atoms with Gasteiger partial charge in [-0.1, -0.05) is 27.5 Å². The van der Waals surface area contributed by atoms with Gasteiger partial charge in [-0.3, -0.25) is 0 Å². The van der Waals surface area contributed by atoms with Crippen LogP contribution >= 0.6 is 39.3 Å². The van der Waals surface area contributed by atoms with Crippen LogP contribution < -0.4 is 0 Å². The van der Waals surface area contributed by atoms with Crippen LogP contribution in [0.1, 0.15) is 30.9 Å². The molecule has 20 heavy (non-hydrogen) atoms. The highest BCUT2D eigenvalue weighted by atomic mass is 79.9. The average molecular weight is 378 g/mol. The lowest BCUT2D eigenvalue weighted by Crippen LogP contribution is -2.41. The summed E-state index contributed by atoms with van der Waals surface area (Å²) in [4.78, 5) is 0. The van der Waals surface area contributed by atoms with Crippen LogP contribution in [0.15, 0.2) is 22.7 Å². The highest BCUT2D eigenvalue weighted by molar-refractivity contribution is 9.10. The van der Waals surface area contributed by atoms with Crippen molar-refractivity contribution in [1.82, 2.24) is 0 Å². The third kappa shape index (κ3) is 3.05. The van der Waals surface area contributed by atoms with Crippen molar-refractivity contribution in [2.45, 2.75) is 31.0 Å². The number of thioether (sulfide) groups is 1. The quantitative estimate of drug-likeness (QED) is 0.826. The molecule has 5 heteroatoms. The van der Waals surface area contributed by atoms with Crippen molar-refractivity contribution >= 4 is 39.3 Å². The van der Waals surface area contributed by atoms with E-state index in [4.69, 9.17) is 16.3 Å². The molecule has 3 atom stereocenters. The zero-order chi connectivity index (χ0) is 14.2. The summed E-state index contributed by atoms with van der Waals surface area (Å²) in [5.74, 6) is 2.48. The van der Waals surface area contributed by atoms with E-state index in [-0.39, 0.29) is 11.5 Å². The van der Waals surface area contributed by atoms with Crippen LogP contribution in [0.5, 0.6) is 0 Å². The molecule has 0 amide bonds. The summed E-state index contributed by atoms with van der Waals surface area (Å²) in [5, 5.41) is 11.4. The first-order valence-electron chi connectivity index (χ1n) is 6.94. The van der Waals surface area contributed by atoms with Crippen LogP contribution in [0.2, 0.25) is 5.02 Å². The SMILES string of the molecule is OC(c1cc(Cl)ccc1Br)C1CCOC2(CCSC2)C1. The second kappa shape index (κ2) is 6.17. The van der Waals surface area contributed by atoms with Crippen LogP contribution in [0.3, 0.4) is 0 Å². The van der Waals surface area contributed by atoms with Crippen LogP contribution in [0, 0.1) is 5.92 Å². The largest absolute Gasteiger partial charge is 0.388 e. The summed E-state index contributed by atoms with van der Waals surface area (Å²) in [7, 11) is 0. The molecule has 0 aliphatic carbocycles. The summed E-state index contributed by atoms with van der Waals surface area (Å²) in [5.41, 5.74) is 0.893. The van der Waals surface area contributed by atoms with Gasteiger partial charge in [0, 0.05) is 21.9 Å². The number of rotatable bonds is 2. The highest BCUT2D eigenvalue weighted by Gasteiger charge is 2.42. The maximum Gasteiger partial charge on any atom is 0.0831 e. The number of aliphatic hydroxyl groups is 1. The summed E-state index contributed by atoms with van der Waals surface area (Å²) >= 11 is 11.5. The van der Waals surface area contributed by atoms with Gasteiger partial charge in [-0.2, -0.15) is 11.8 Å². The zero-order valence-corrected chi connectivity index (χ0v) is 14.3. The number of hydrogen-bond acceptors (Lipinski definition) is 3. The van der Waals surface area contributed by atoms with Crippen molar-refractivity contribution in [3.8, 4) is 0 Å². The molecule has 1 N–H and O–H groups in total. The van der Waals surface area contributed by atoms with E-state index in [0.717, 1.165) is 41.7 Å². The van der Waals surface area contributed by atoms with Crippen molar-refractivity contribution in [3.05, 3.63) is 33.3 Å². The molecule has 1 aromatic rings. The van der Waals surface area contributed by atoms with Gasteiger partial charge >= 0.3 is 0 Å². The number of halogens is 2. The maximum atomic E-state index is 10.7. The smallest absolute Gasteiger partial charge is 0.0831 e. The van der Waals surface area contributed by atoms with Crippen molar-refractivity contribution in [1.29, 1.82) is 0 Å². The first kappa shape index (κ1) is 15.2. The minimum Gasteiger partial charge on any atom is -0.388 e. The van der Waals surface area contributed by atoms with Gasteiger partial charge in [-0.15, -0.1) is 0 Å². The average Bonchev–Trinajstić information content (AvgIpc) is 2.88. The fourth-order valence-electron chi connectivity index (χ4n) is 3.19. The number of aliphatic hydroxyl groups excluding tert-OH is 1. The lowest BCUT2D eigenvalue weighted by Gasteiger charge is -2.39. The Morgan fingerprint density at radius 2 is 2.35 bits per heavy atom. The molecule has 2 fully saturated rings. The molecular weight excluding hydrogens is 360 g/mol. The Morgan fingerprint density at radius 3 is 3.10 bits per heavy atom. The van der Waals surface area contributed by atoms with E-state index >= 15 is 0 Å². The third-order valence-corrected chi connectivity index (χ3v) is 6.50. The normalized spacial score (nSPS) is 31.6. The lowest BCUT2D eigenvalue weighted by atomic mass is 9.80. The Bertz CT molecular complexity index is 491. The molecule has 0 saturated carbocycles. The predicted molar refractivity (Wildman–Crippen MR) is 87.5 cm³/mol. The van der Waals surface area contributed by atoms with Gasteiger partial charge in [-0.25, -0.2) is 0 Å². The Balaban J connectivity index is 1.79. The van der Waals surface area contributed by atoms with Crippen molar-refractivity contribution in [2.24, 2.45) is 5.92 Å². The molecule has 3 unspecified atom stereocenters. The molecule has 1 spiro atoms. The van der Waals surface area contributed by atoms with Crippen molar-refractivity contribution in [3.63, 3.8) is 0 Å². The van der Waals surface area contributed by atoms with Crippen molar-refractivity contribution < 1.29 is 9.84 Å². The van der Waals surface area contributed by atoms with E-state index in [1.807, 2.05) is 30.0 Å². The first-order valence-corrected chi connectivity index (χ1v) is 9.27. The van der Waals surface area contributed by atoms with Crippen LogP contribution in [-0.4, -0.2) is 28.8 Å². The molecule has 0 bridgehead atoms. The summed E-state index contributed by atoms with van der Waals surface area (Å²) in [6, 6.07) is 5.60. The van der Waals surface area contributed by atoms with Gasteiger partial charge in [0.2, 0.25) is 0 Å². The van der Waals surface area contributed by atoms with Crippen LogP contribution in [-0.2, 0) is 4.74 Å². The molecule has 2 nitrogen and oxygen atoms in total. The number of hydrogen-bond donors (Lipinski definition) is 1. The molecule has 3 rings (SSSR count). The van der Waals surface area contributed by atoms with E-state index in [0.29, 0.717) is 5.02 Å². The van der Waals surface area contributed by atoms with Gasteiger partial charge in [0.25, 0.3) is 0 Å². The minimum absolute atomic E-state index is 0.000382. The molecule has 0 aromatic heterocycles. The molecule has 2 saturated heterocycles.